The van der Waals surface area contributed by atoms with Crippen LogP contribution >= 0.6 is 0 Å². The topological polar surface area (TPSA) is 190 Å². The number of carboxylic acid groups (broad SMARTS) is 1. The van der Waals surface area contributed by atoms with Gasteiger partial charge in [0.2, 0.25) is 11.7 Å². The van der Waals surface area contributed by atoms with Crippen molar-refractivity contribution < 1.29 is 47.5 Å². The van der Waals surface area contributed by atoms with E-state index in [0.717, 1.165) is 45.0 Å². The Bertz CT molecular complexity index is 2480. The van der Waals surface area contributed by atoms with E-state index >= 15 is 0 Å². The highest BCUT2D eigenvalue weighted by Gasteiger charge is 2.37. The standard InChI is InChI=1S/C25H28N2O5.C24H27N3O5/c1-17(27-30-4)22(25(28)29-3)16-19-10-12-21(13-11-19)31-15-14-23-18(2)32-24(26-23)20-8-6-5-7-9-20;1-5-31-26-17(3)24(4,23(28)29)14-18-9-11-20(12-10-18)30-15-21-25-22(27-32-21)19-8-6-7-16(2)13-19/h5-13,22H,14-16H2,1-4H3;6-13H,5,14-15H2,1-4H3,(H,28,29)/b27-17+;26-17-. The number of aliphatic carboxylic acids is 1. The van der Waals surface area contributed by atoms with Crippen molar-refractivity contribution >= 4 is 23.4 Å². The number of hydrogen-bond acceptors (Lipinski definition) is 14. The highest BCUT2D eigenvalue weighted by molar-refractivity contribution is 6.04. The van der Waals surface area contributed by atoms with E-state index in [9.17, 15) is 14.7 Å². The van der Waals surface area contributed by atoms with Crippen LogP contribution in [0.3, 0.4) is 0 Å². The number of oxime groups is 2. The van der Waals surface area contributed by atoms with Crippen molar-refractivity contribution in [1.82, 2.24) is 15.1 Å². The molecule has 2 atom stereocenters. The average Bonchev–Trinajstić information content (AvgIpc) is 3.94. The molecule has 0 saturated carbocycles. The van der Waals surface area contributed by atoms with Gasteiger partial charge in [-0.2, -0.15) is 4.98 Å². The SMILES string of the molecule is CCO/N=C(/C)C(C)(Cc1ccc(OCc2nc(-c3cccc(C)c3)no2)cc1)C(=O)O.CO/N=C(\C)C(Cc1ccc(OCCc2nc(-c3ccccc3)oc2C)cc1)C(=O)OC. The summed E-state index contributed by atoms with van der Waals surface area (Å²) in [5, 5.41) is 21.6. The molecule has 0 aliphatic heterocycles. The second-order valence-electron chi connectivity index (χ2n) is 15.0. The van der Waals surface area contributed by atoms with Gasteiger partial charge in [0.15, 0.2) is 6.61 Å². The molecule has 0 spiro atoms. The molecule has 2 heterocycles. The van der Waals surface area contributed by atoms with Crippen LogP contribution in [0.5, 0.6) is 11.5 Å². The van der Waals surface area contributed by atoms with Crippen molar-refractivity contribution in [3.05, 3.63) is 137 Å². The van der Waals surface area contributed by atoms with E-state index < -0.39 is 17.3 Å². The van der Waals surface area contributed by atoms with Crippen LogP contribution in [0.2, 0.25) is 0 Å². The quantitative estimate of drug-likeness (QED) is 0.0434. The molecule has 15 heteroatoms. The van der Waals surface area contributed by atoms with Crippen LogP contribution in [-0.2, 0) is 49.9 Å². The van der Waals surface area contributed by atoms with E-state index in [1.54, 1.807) is 39.8 Å². The number of aryl methyl sites for hydroxylation is 2. The molecule has 0 aliphatic rings. The maximum atomic E-state index is 12.1. The summed E-state index contributed by atoms with van der Waals surface area (Å²) in [6.45, 7) is 11.8. The molecule has 0 saturated heterocycles. The minimum absolute atomic E-state index is 0.130. The highest BCUT2D eigenvalue weighted by Crippen LogP contribution is 2.28. The Morgan fingerprint density at radius 2 is 1.50 bits per heavy atom. The summed E-state index contributed by atoms with van der Waals surface area (Å²) >= 11 is 0. The third kappa shape index (κ3) is 13.4. The number of aromatic nitrogens is 3. The predicted molar refractivity (Wildman–Crippen MR) is 241 cm³/mol. The lowest BCUT2D eigenvalue weighted by Gasteiger charge is -2.24. The first-order chi connectivity index (χ1) is 30.8. The van der Waals surface area contributed by atoms with Gasteiger partial charge >= 0.3 is 11.9 Å². The molecule has 6 aromatic rings. The summed E-state index contributed by atoms with van der Waals surface area (Å²) in [6, 6.07) is 32.5. The van der Waals surface area contributed by atoms with Gasteiger partial charge in [0, 0.05) is 17.5 Å². The van der Waals surface area contributed by atoms with Crippen molar-refractivity contribution in [2.75, 3.05) is 27.4 Å². The number of carbonyl (C=O) groups excluding carboxylic acids is 1. The molecule has 0 fully saturated rings. The molecule has 15 nitrogen and oxygen atoms in total. The summed E-state index contributed by atoms with van der Waals surface area (Å²) in [5.41, 5.74) is 5.45. The number of carbonyl (C=O) groups is 2. The van der Waals surface area contributed by atoms with Gasteiger partial charge in [-0.1, -0.05) is 81.7 Å². The average molecular weight is 874 g/mol. The van der Waals surface area contributed by atoms with Crippen molar-refractivity contribution in [3.8, 4) is 34.3 Å². The molecule has 6 rings (SSSR count). The molecule has 336 valence electrons. The molecule has 0 radical (unpaired) electrons. The Labute approximate surface area is 373 Å². The lowest BCUT2D eigenvalue weighted by molar-refractivity contribution is -0.144. The summed E-state index contributed by atoms with van der Waals surface area (Å²) < 4.78 is 27.6. The number of carboxylic acids is 1. The zero-order chi connectivity index (χ0) is 46.1. The first kappa shape index (κ1) is 47.8. The fourth-order valence-corrected chi connectivity index (χ4v) is 6.43. The van der Waals surface area contributed by atoms with Crippen molar-refractivity contribution in [2.45, 2.75) is 67.4 Å². The molecular formula is C49H55N5O10. The molecule has 4 aromatic carbocycles. The highest BCUT2D eigenvalue weighted by atomic mass is 16.6. The molecule has 2 aromatic heterocycles. The second kappa shape index (κ2) is 23.2. The summed E-state index contributed by atoms with van der Waals surface area (Å²) in [4.78, 5) is 42.8. The number of methoxy groups -OCH3 is 1. The van der Waals surface area contributed by atoms with E-state index in [-0.39, 0.29) is 19.0 Å². The molecule has 0 aliphatic carbocycles. The lowest BCUT2D eigenvalue weighted by Crippen LogP contribution is -2.37. The van der Waals surface area contributed by atoms with Crippen LogP contribution in [0.25, 0.3) is 22.8 Å². The van der Waals surface area contributed by atoms with Gasteiger partial charge in [-0.3, -0.25) is 9.59 Å². The second-order valence-corrected chi connectivity index (χ2v) is 15.0. The van der Waals surface area contributed by atoms with Crippen LogP contribution in [0.15, 0.2) is 122 Å². The monoisotopic (exact) mass is 873 g/mol. The van der Waals surface area contributed by atoms with E-state index in [1.807, 2.05) is 105 Å². The fraction of sp³-hybridized carbons (Fsp3) is 0.327. The smallest absolute Gasteiger partial charge is 0.315 e. The molecule has 0 amide bonds. The third-order valence-electron chi connectivity index (χ3n) is 10.3. The normalized spacial score (nSPS) is 12.9. The van der Waals surface area contributed by atoms with Crippen LogP contribution in [0, 0.1) is 25.2 Å². The van der Waals surface area contributed by atoms with E-state index in [1.165, 1.54) is 14.2 Å². The van der Waals surface area contributed by atoms with Gasteiger partial charge in [0.05, 0.1) is 30.8 Å². The largest absolute Gasteiger partial charge is 0.493 e. The molecule has 2 unspecified atom stereocenters. The summed E-state index contributed by atoms with van der Waals surface area (Å²) in [7, 11) is 2.82. The molecule has 64 heavy (non-hydrogen) atoms. The Morgan fingerprint density at radius 1 is 0.828 bits per heavy atom. The van der Waals surface area contributed by atoms with Crippen molar-refractivity contribution in [1.29, 1.82) is 0 Å². The first-order valence-corrected chi connectivity index (χ1v) is 20.7. The Kier molecular flexibility index (Phi) is 17.3. The number of ether oxygens (including phenoxy) is 3. The number of nitrogens with zero attached hydrogens (tertiary/aromatic N) is 5. The minimum atomic E-state index is -1.17. The zero-order valence-electron chi connectivity index (χ0n) is 37.5. The van der Waals surface area contributed by atoms with Gasteiger partial charge in [0.25, 0.3) is 5.89 Å². The first-order valence-electron chi connectivity index (χ1n) is 20.7. The lowest BCUT2D eigenvalue weighted by atomic mass is 9.80. The van der Waals surface area contributed by atoms with Crippen molar-refractivity contribution in [2.24, 2.45) is 21.6 Å². The van der Waals surface area contributed by atoms with Gasteiger partial charge in [0.1, 0.15) is 42.3 Å². The van der Waals surface area contributed by atoms with Gasteiger partial charge in [-0.15, -0.1) is 0 Å². The van der Waals surface area contributed by atoms with E-state index in [4.69, 9.17) is 32.8 Å². The van der Waals surface area contributed by atoms with Gasteiger partial charge in [-0.25, -0.2) is 4.98 Å². The zero-order valence-corrected chi connectivity index (χ0v) is 37.5. The Balaban J connectivity index is 0.000000241. The summed E-state index contributed by atoms with van der Waals surface area (Å²) in [6.07, 6.45) is 1.38. The van der Waals surface area contributed by atoms with E-state index in [2.05, 4.69) is 25.4 Å². The van der Waals surface area contributed by atoms with Crippen LogP contribution in [-0.4, -0.2) is 71.0 Å². The van der Waals surface area contributed by atoms with E-state index in [0.29, 0.717) is 60.8 Å². The van der Waals surface area contributed by atoms with Crippen LogP contribution in [0.4, 0.5) is 0 Å². The number of oxazole rings is 1. The van der Waals surface area contributed by atoms with Crippen molar-refractivity contribution in [3.63, 3.8) is 0 Å². The maximum Gasteiger partial charge on any atom is 0.315 e. The fourth-order valence-electron chi connectivity index (χ4n) is 6.43. The molecule has 1 N–H and O–H groups in total. The molecule has 0 bridgehead atoms. The number of esters is 1. The Hall–Kier alpha value is -7.29. The van der Waals surface area contributed by atoms with Gasteiger partial charge < -0.3 is 37.9 Å². The number of rotatable bonds is 20. The summed E-state index contributed by atoms with van der Waals surface area (Å²) in [5.74, 6) is 1.85. The van der Waals surface area contributed by atoms with Gasteiger partial charge in [-0.05, 0) is 108 Å². The predicted octanol–water partition coefficient (Wildman–Crippen LogP) is 9.30. The van der Waals surface area contributed by atoms with Crippen LogP contribution in [0.1, 0.15) is 61.7 Å². The number of benzene rings is 4. The third-order valence-corrected chi connectivity index (χ3v) is 10.3. The minimum Gasteiger partial charge on any atom is -0.493 e. The number of hydrogen-bond donors (Lipinski definition) is 1. The maximum absolute atomic E-state index is 12.1. The Morgan fingerprint density at radius 3 is 2.14 bits per heavy atom. The van der Waals surface area contributed by atoms with Crippen LogP contribution < -0.4 is 9.47 Å². The molecular weight excluding hydrogens is 819 g/mol.